The van der Waals surface area contributed by atoms with E-state index in [1.165, 1.54) is 0 Å². The molecule has 0 aliphatic rings. The van der Waals surface area contributed by atoms with E-state index < -0.39 is 0 Å². The molecule has 19 heavy (non-hydrogen) atoms. The SMILES string of the molecule is CC(C)c1ccccc1C(=O)C=Cc1ccccc1. The van der Waals surface area contributed by atoms with E-state index in [9.17, 15) is 4.79 Å². The van der Waals surface area contributed by atoms with Crippen LogP contribution in [0.15, 0.2) is 60.7 Å². The lowest BCUT2D eigenvalue weighted by Crippen LogP contribution is -2.01. The zero-order valence-electron chi connectivity index (χ0n) is 11.3. The highest BCUT2D eigenvalue weighted by molar-refractivity contribution is 6.07. The number of carbonyl (C=O) groups is 1. The second kappa shape index (κ2) is 6.14. The van der Waals surface area contributed by atoms with Crippen LogP contribution in [0.4, 0.5) is 0 Å². The average molecular weight is 250 g/mol. The summed E-state index contributed by atoms with van der Waals surface area (Å²) in [6.45, 7) is 4.21. The third kappa shape index (κ3) is 3.41. The Bertz CT molecular complexity index is 580. The van der Waals surface area contributed by atoms with Crippen molar-refractivity contribution in [3.05, 3.63) is 77.4 Å². The minimum absolute atomic E-state index is 0.0631. The molecule has 0 atom stereocenters. The molecule has 2 aromatic rings. The van der Waals surface area contributed by atoms with Crippen LogP contribution in [-0.4, -0.2) is 5.78 Å². The van der Waals surface area contributed by atoms with Crippen LogP contribution in [0.3, 0.4) is 0 Å². The van der Waals surface area contributed by atoms with E-state index in [4.69, 9.17) is 0 Å². The Morgan fingerprint density at radius 3 is 2.26 bits per heavy atom. The minimum Gasteiger partial charge on any atom is -0.289 e. The second-order valence-electron chi connectivity index (χ2n) is 4.85. The van der Waals surface area contributed by atoms with Crippen LogP contribution < -0.4 is 0 Å². The maximum Gasteiger partial charge on any atom is 0.186 e. The van der Waals surface area contributed by atoms with Gasteiger partial charge >= 0.3 is 0 Å². The summed E-state index contributed by atoms with van der Waals surface area (Å²) in [6.07, 6.45) is 3.51. The van der Waals surface area contributed by atoms with Gasteiger partial charge in [-0.3, -0.25) is 4.79 Å². The lowest BCUT2D eigenvalue weighted by Gasteiger charge is -2.09. The summed E-state index contributed by atoms with van der Waals surface area (Å²) in [5.74, 6) is 0.415. The first-order chi connectivity index (χ1) is 9.18. The molecule has 0 N–H and O–H groups in total. The highest BCUT2D eigenvalue weighted by Crippen LogP contribution is 2.20. The highest BCUT2D eigenvalue weighted by atomic mass is 16.1. The van der Waals surface area contributed by atoms with Crippen LogP contribution in [0.2, 0.25) is 0 Å². The van der Waals surface area contributed by atoms with E-state index >= 15 is 0 Å². The van der Waals surface area contributed by atoms with Crippen molar-refractivity contribution in [2.45, 2.75) is 19.8 Å². The lowest BCUT2D eigenvalue weighted by atomic mass is 9.94. The van der Waals surface area contributed by atoms with E-state index in [1.54, 1.807) is 6.08 Å². The molecular formula is C18H18O. The number of allylic oxidation sites excluding steroid dienone is 1. The van der Waals surface area contributed by atoms with Gasteiger partial charge in [0.2, 0.25) is 0 Å². The Morgan fingerprint density at radius 2 is 1.58 bits per heavy atom. The van der Waals surface area contributed by atoms with Crippen LogP contribution >= 0.6 is 0 Å². The summed E-state index contributed by atoms with van der Waals surface area (Å²) in [6, 6.07) is 17.7. The van der Waals surface area contributed by atoms with Crippen molar-refractivity contribution in [3.63, 3.8) is 0 Å². The molecule has 0 spiro atoms. The fourth-order valence-electron chi connectivity index (χ4n) is 2.05. The van der Waals surface area contributed by atoms with Gasteiger partial charge in [-0.2, -0.15) is 0 Å². The predicted molar refractivity (Wildman–Crippen MR) is 80.3 cm³/mol. The van der Waals surface area contributed by atoms with Gasteiger partial charge in [-0.25, -0.2) is 0 Å². The molecule has 0 radical (unpaired) electrons. The van der Waals surface area contributed by atoms with Crippen LogP contribution in [-0.2, 0) is 0 Å². The maximum atomic E-state index is 12.3. The lowest BCUT2D eigenvalue weighted by molar-refractivity contribution is 0.104. The first kappa shape index (κ1) is 13.3. The monoisotopic (exact) mass is 250 g/mol. The number of benzene rings is 2. The number of hydrogen-bond acceptors (Lipinski definition) is 1. The van der Waals surface area contributed by atoms with Crippen molar-refractivity contribution in [3.8, 4) is 0 Å². The highest BCUT2D eigenvalue weighted by Gasteiger charge is 2.10. The summed E-state index contributed by atoms with van der Waals surface area (Å²) in [5.41, 5.74) is 2.94. The molecule has 1 nitrogen and oxygen atoms in total. The van der Waals surface area contributed by atoms with Crippen molar-refractivity contribution in [1.82, 2.24) is 0 Å². The topological polar surface area (TPSA) is 17.1 Å². The summed E-state index contributed by atoms with van der Waals surface area (Å²) in [7, 11) is 0. The van der Waals surface area contributed by atoms with Gasteiger partial charge in [-0.1, -0.05) is 74.5 Å². The second-order valence-corrected chi connectivity index (χ2v) is 4.85. The molecule has 0 fully saturated rings. The Labute approximate surface area is 114 Å². The normalized spacial score (nSPS) is 11.1. The number of carbonyl (C=O) groups excluding carboxylic acids is 1. The molecule has 0 saturated carbocycles. The first-order valence-corrected chi connectivity index (χ1v) is 6.55. The van der Waals surface area contributed by atoms with Gasteiger partial charge in [0, 0.05) is 5.56 Å². The van der Waals surface area contributed by atoms with E-state index in [-0.39, 0.29) is 5.78 Å². The molecular weight excluding hydrogens is 232 g/mol. The number of ketones is 1. The van der Waals surface area contributed by atoms with Crippen LogP contribution in [0.25, 0.3) is 6.08 Å². The summed E-state index contributed by atoms with van der Waals surface area (Å²) < 4.78 is 0. The molecule has 96 valence electrons. The molecule has 0 aliphatic carbocycles. The Kier molecular flexibility index (Phi) is 4.30. The van der Waals surface area contributed by atoms with Gasteiger partial charge in [-0.05, 0) is 23.1 Å². The van der Waals surface area contributed by atoms with Crippen molar-refractivity contribution in [2.75, 3.05) is 0 Å². The van der Waals surface area contributed by atoms with Crippen molar-refractivity contribution < 1.29 is 4.79 Å². The third-order valence-corrected chi connectivity index (χ3v) is 3.07. The average Bonchev–Trinajstić information content (AvgIpc) is 2.46. The van der Waals surface area contributed by atoms with Crippen LogP contribution in [0.1, 0.15) is 41.3 Å². The van der Waals surface area contributed by atoms with Gasteiger partial charge in [0.25, 0.3) is 0 Å². The number of hydrogen-bond donors (Lipinski definition) is 0. The van der Waals surface area contributed by atoms with Crippen molar-refractivity contribution in [1.29, 1.82) is 0 Å². The predicted octanol–water partition coefficient (Wildman–Crippen LogP) is 4.71. The van der Waals surface area contributed by atoms with E-state index in [0.29, 0.717) is 5.92 Å². The Balaban J connectivity index is 2.24. The fourth-order valence-corrected chi connectivity index (χ4v) is 2.05. The smallest absolute Gasteiger partial charge is 0.186 e. The first-order valence-electron chi connectivity index (χ1n) is 6.55. The molecule has 0 saturated heterocycles. The number of rotatable bonds is 4. The molecule has 1 heteroatoms. The third-order valence-electron chi connectivity index (χ3n) is 3.07. The van der Waals surface area contributed by atoms with Crippen molar-refractivity contribution >= 4 is 11.9 Å². The summed E-state index contributed by atoms with van der Waals surface area (Å²) in [4.78, 5) is 12.3. The molecule has 0 aromatic heterocycles. The van der Waals surface area contributed by atoms with Crippen molar-refractivity contribution in [2.24, 2.45) is 0 Å². The molecule has 0 unspecified atom stereocenters. The molecule has 2 rings (SSSR count). The van der Waals surface area contributed by atoms with Crippen LogP contribution in [0.5, 0.6) is 0 Å². The minimum atomic E-state index is 0.0631. The molecule has 0 bridgehead atoms. The largest absolute Gasteiger partial charge is 0.289 e. The van der Waals surface area contributed by atoms with Gasteiger partial charge in [0.05, 0.1) is 0 Å². The van der Waals surface area contributed by atoms with E-state index in [0.717, 1.165) is 16.7 Å². The fraction of sp³-hybridized carbons (Fsp3) is 0.167. The maximum absolute atomic E-state index is 12.3. The van der Waals surface area contributed by atoms with E-state index in [2.05, 4.69) is 13.8 Å². The van der Waals surface area contributed by atoms with Gasteiger partial charge in [0.1, 0.15) is 0 Å². The zero-order valence-corrected chi connectivity index (χ0v) is 11.3. The van der Waals surface area contributed by atoms with E-state index in [1.807, 2.05) is 60.7 Å². The summed E-state index contributed by atoms with van der Waals surface area (Å²) in [5, 5.41) is 0. The van der Waals surface area contributed by atoms with Gasteiger partial charge in [0.15, 0.2) is 5.78 Å². The van der Waals surface area contributed by atoms with Gasteiger partial charge < -0.3 is 0 Å². The summed E-state index contributed by atoms with van der Waals surface area (Å²) >= 11 is 0. The molecule has 0 aliphatic heterocycles. The van der Waals surface area contributed by atoms with Crippen LogP contribution in [0, 0.1) is 0 Å². The Hall–Kier alpha value is -2.15. The zero-order chi connectivity index (χ0) is 13.7. The standard InChI is InChI=1S/C18H18O/c1-14(2)16-10-6-7-11-17(16)18(19)13-12-15-8-4-3-5-9-15/h3-14H,1-2H3. The Morgan fingerprint density at radius 1 is 0.947 bits per heavy atom. The molecule has 0 amide bonds. The molecule has 0 heterocycles. The quantitative estimate of drug-likeness (QED) is 0.567. The van der Waals surface area contributed by atoms with Gasteiger partial charge in [-0.15, -0.1) is 0 Å². The molecule has 2 aromatic carbocycles.